The molecule has 0 amide bonds. The summed E-state index contributed by atoms with van der Waals surface area (Å²) in [5, 5.41) is 48.0. The van der Waals surface area contributed by atoms with Crippen LogP contribution in [-0.2, 0) is 35.5 Å². The maximum absolute atomic E-state index is 12.0. The third-order valence-electron chi connectivity index (χ3n) is 17.7. The average Bonchev–Trinajstić information content (AvgIpc) is 4.44. The Bertz CT molecular complexity index is 3610. The van der Waals surface area contributed by atoms with Gasteiger partial charge in [0, 0.05) is 90.7 Å². The molecule has 4 fully saturated rings. The number of carboxylic acid groups (broad SMARTS) is 2. The van der Waals surface area contributed by atoms with Gasteiger partial charge in [0.1, 0.15) is 0 Å². The van der Waals surface area contributed by atoms with Crippen molar-refractivity contribution in [1.82, 2.24) is 49.5 Å². The molecular weight excluding hydrogens is 981 g/mol. The van der Waals surface area contributed by atoms with Crippen molar-refractivity contribution in [2.24, 2.45) is 11.8 Å². The lowest BCUT2D eigenvalue weighted by Crippen LogP contribution is -2.22. The van der Waals surface area contributed by atoms with Crippen LogP contribution in [0.1, 0.15) is 156 Å². The molecule has 0 spiro atoms. The summed E-state index contributed by atoms with van der Waals surface area (Å²) >= 11 is 0. The second-order valence-corrected chi connectivity index (χ2v) is 22.5. The van der Waals surface area contributed by atoms with Gasteiger partial charge in [-0.25, -0.2) is 19.0 Å². The third-order valence-corrected chi connectivity index (χ3v) is 17.7. The Labute approximate surface area is 452 Å². The van der Waals surface area contributed by atoms with Gasteiger partial charge in [0.15, 0.2) is 11.6 Å². The number of hydrogen-bond donors (Lipinski definition) is 2. The zero-order chi connectivity index (χ0) is 52.7. The van der Waals surface area contributed by atoms with Crippen LogP contribution in [0.15, 0.2) is 84.9 Å². The first-order chi connectivity index (χ1) is 38.3. The fourth-order valence-electron chi connectivity index (χ4n) is 13.7. The van der Waals surface area contributed by atoms with Crippen molar-refractivity contribution in [2.45, 2.75) is 128 Å². The van der Waals surface area contributed by atoms with E-state index >= 15 is 0 Å². The Hall–Kier alpha value is -7.56. The van der Waals surface area contributed by atoms with Gasteiger partial charge in [-0.1, -0.05) is 99.2 Å². The van der Waals surface area contributed by atoms with Crippen LogP contribution in [0.4, 0.5) is 0 Å². The number of hydrogen-bond acceptors (Lipinski definition) is 10. The molecular formula is C62H66N10O6. The van der Waals surface area contributed by atoms with E-state index in [1.807, 2.05) is 33.6 Å². The minimum atomic E-state index is -0.912. The predicted molar refractivity (Wildman–Crippen MR) is 299 cm³/mol. The second kappa shape index (κ2) is 21.7. The van der Waals surface area contributed by atoms with E-state index in [2.05, 4.69) is 101 Å². The highest BCUT2D eigenvalue weighted by molar-refractivity contribution is 6.03. The number of carbonyl (C=O) groups is 2. The van der Waals surface area contributed by atoms with Gasteiger partial charge in [-0.05, 0) is 148 Å². The summed E-state index contributed by atoms with van der Waals surface area (Å²) in [6, 6.07) is 28.4. The number of rotatable bonds is 10. The van der Waals surface area contributed by atoms with Gasteiger partial charge < -0.3 is 28.8 Å². The van der Waals surface area contributed by atoms with Gasteiger partial charge in [0.2, 0.25) is 0 Å². The second-order valence-electron chi connectivity index (χ2n) is 22.5. The molecule has 8 aromatic rings. The zero-order valence-electron chi connectivity index (χ0n) is 44.1. The standard InChI is InChI=1S/2C31H33N5O3/c2*37-31(38)23-10-11-26-27(17-23)35-19-24(30-32-33-34-36(30)18-20-12-14-39-15-13-20)16-22-8-4-5-9-25(22)29(35)28(26)21-6-2-1-3-7-21/h4-5,8-11,17,19-21H,1-3,6-7,12-16,18H2,(H,37,38);4-5,8-11,16-17,20-21H,1-3,6-7,12-15,18-19H2,(H,37,38). The van der Waals surface area contributed by atoms with Crippen LogP contribution in [-0.4, -0.2) is 98.1 Å². The fourth-order valence-corrected chi connectivity index (χ4v) is 13.7. The van der Waals surface area contributed by atoms with Gasteiger partial charge in [-0.2, -0.15) is 0 Å². The number of aromatic nitrogens is 10. The van der Waals surface area contributed by atoms with Gasteiger partial charge in [0.05, 0.1) is 34.6 Å². The Balaban J connectivity index is 0.000000148. The lowest BCUT2D eigenvalue weighted by molar-refractivity contribution is 0.0597. The number of aromatic carboxylic acids is 2. The summed E-state index contributed by atoms with van der Waals surface area (Å²) in [6.45, 7) is 5.24. The average molecular weight is 1050 g/mol. The Morgan fingerprint density at radius 3 is 1.69 bits per heavy atom. The molecule has 8 heterocycles. The summed E-state index contributed by atoms with van der Waals surface area (Å²) in [5.41, 5.74) is 14.5. The molecule has 0 radical (unpaired) electrons. The van der Waals surface area contributed by atoms with Crippen molar-refractivity contribution < 1.29 is 29.3 Å². The van der Waals surface area contributed by atoms with E-state index in [-0.39, 0.29) is 0 Å². The molecule has 6 aliphatic rings. The lowest BCUT2D eigenvalue weighted by atomic mass is 9.81. The quantitative estimate of drug-likeness (QED) is 0.132. The van der Waals surface area contributed by atoms with Crippen molar-refractivity contribution >= 4 is 57.2 Å². The molecule has 16 nitrogen and oxygen atoms in total. The number of fused-ring (bicyclic) bond motifs is 10. The molecule has 2 N–H and O–H groups in total. The van der Waals surface area contributed by atoms with E-state index in [0.717, 1.165) is 123 Å². The first-order valence-corrected chi connectivity index (χ1v) is 28.4. The molecule has 400 valence electrons. The fraction of sp³-hybridized carbons (Fsp3) is 0.419. The van der Waals surface area contributed by atoms with Gasteiger partial charge in [-0.15, -0.1) is 10.2 Å². The van der Waals surface area contributed by atoms with E-state index < -0.39 is 11.9 Å². The molecule has 0 bridgehead atoms. The first kappa shape index (κ1) is 50.0. The number of ether oxygens (including phenoxy) is 2. The molecule has 16 heteroatoms. The topological polar surface area (TPSA) is 190 Å². The zero-order valence-corrected chi connectivity index (χ0v) is 44.1. The Morgan fingerprint density at radius 2 is 1.09 bits per heavy atom. The first-order valence-electron chi connectivity index (χ1n) is 28.4. The van der Waals surface area contributed by atoms with Crippen molar-refractivity contribution in [3.8, 4) is 22.5 Å². The van der Waals surface area contributed by atoms with E-state index in [1.165, 1.54) is 96.0 Å². The van der Waals surface area contributed by atoms with Crippen molar-refractivity contribution in [2.75, 3.05) is 26.4 Å². The number of nitrogens with zero attached hydrogens (tertiary/aromatic N) is 10. The molecule has 4 aromatic heterocycles. The van der Waals surface area contributed by atoms with Crippen LogP contribution < -0.4 is 0 Å². The SMILES string of the molecule is O=C(O)c1ccc2c(C3CCCCC3)c3n(c2c1)C=C(c1nnnn1CC1CCOCC1)Cc1ccccc1-3.O=C(O)c1ccc2c(C3CCCCC3)c3n(c2c1)CC(c1nnnn1CC1CCOCC1)=Cc1ccccc1-3. The highest BCUT2D eigenvalue weighted by atomic mass is 16.5. The maximum atomic E-state index is 12.0. The largest absolute Gasteiger partial charge is 0.478 e. The molecule has 0 unspecified atom stereocenters. The van der Waals surface area contributed by atoms with Crippen LogP contribution >= 0.6 is 0 Å². The summed E-state index contributed by atoms with van der Waals surface area (Å²) in [5.74, 6) is 1.62. The van der Waals surface area contributed by atoms with Crippen LogP contribution in [0.5, 0.6) is 0 Å². The number of carboxylic acids is 2. The summed E-state index contributed by atoms with van der Waals surface area (Å²) < 4.78 is 19.6. The third kappa shape index (κ3) is 9.56. The molecule has 4 aliphatic heterocycles. The van der Waals surface area contributed by atoms with Crippen LogP contribution in [0.3, 0.4) is 0 Å². The Kier molecular flexibility index (Phi) is 13.9. The minimum Gasteiger partial charge on any atom is -0.478 e. The smallest absolute Gasteiger partial charge is 0.335 e. The van der Waals surface area contributed by atoms with E-state index in [0.29, 0.717) is 47.8 Å². The molecule has 14 rings (SSSR count). The predicted octanol–water partition coefficient (Wildman–Crippen LogP) is 12.0. The normalized spacial score (nSPS) is 18.4. The van der Waals surface area contributed by atoms with Gasteiger partial charge in [0.25, 0.3) is 0 Å². The van der Waals surface area contributed by atoms with E-state index in [1.54, 1.807) is 12.1 Å². The molecule has 4 aromatic carbocycles. The number of benzene rings is 4. The highest BCUT2D eigenvalue weighted by Crippen LogP contribution is 2.49. The van der Waals surface area contributed by atoms with Crippen LogP contribution in [0.2, 0.25) is 0 Å². The summed E-state index contributed by atoms with van der Waals surface area (Å²) in [4.78, 5) is 24.0. The lowest BCUT2D eigenvalue weighted by Gasteiger charge is -2.24. The van der Waals surface area contributed by atoms with Crippen molar-refractivity contribution in [1.29, 1.82) is 0 Å². The van der Waals surface area contributed by atoms with Crippen molar-refractivity contribution in [3.63, 3.8) is 0 Å². The number of tetrazole rings is 2. The maximum Gasteiger partial charge on any atom is 0.335 e. The summed E-state index contributed by atoms with van der Waals surface area (Å²) in [7, 11) is 0. The summed E-state index contributed by atoms with van der Waals surface area (Å²) in [6.07, 6.45) is 21.3. The van der Waals surface area contributed by atoms with Crippen LogP contribution in [0, 0.1) is 11.8 Å². The van der Waals surface area contributed by atoms with E-state index in [9.17, 15) is 19.8 Å². The minimum absolute atomic E-state index is 0.301. The number of allylic oxidation sites excluding steroid dienone is 2. The molecule has 2 aliphatic carbocycles. The highest BCUT2D eigenvalue weighted by Gasteiger charge is 2.33. The Morgan fingerprint density at radius 1 is 0.564 bits per heavy atom. The molecule has 2 saturated heterocycles. The van der Waals surface area contributed by atoms with Crippen molar-refractivity contribution in [3.05, 3.63) is 130 Å². The van der Waals surface area contributed by atoms with Crippen LogP contribution in [0.25, 0.3) is 67.7 Å². The van der Waals surface area contributed by atoms with Gasteiger partial charge in [-0.3, -0.25) is 0 Å². The monoisotopic (exact) mass is 1050 g/mol. The van der Waals surface area contributed by atoms with E-state index in [4.69, 9.17) is 9.47 Å². The van der Waals surface area contributed by atoms with Gasteiger partial charge >= 0.3 is 11.9 Å². The molecule has 78 heavy (non-hydrogen) atoms. The molecule has 0 atom stereocenters. The molecule has 2 saturated carbocycles.